The van der Waals surface area contributed by atoms with E-state index in [4.69, 9.17) is 5.73 Å². The lowest BCUT2D eigenvalue weighted by Gasteiger charge is -2.00. The summed E-state index contributed by atoms with van der Waals surface area (Å²) in [6.45, 7) is 6.29. The predicted molar refractivity (Wildman–Crippen MR) is 84.7 cm³/mol. The van der Waals surface area contributed by atoms with Crippen LogP contribution in [-0.4, -0.2) is 22.0 Å². The van der Waals surface area contributed by atoms with Crippen LogP contribution in [0, 0.1) is 11.8 Å². The molecule has 3 N–H and O–H groups in total. The molecule has 0 aliphatic carbocycles. The minimum atomic E-state index is -0.420. The Balaban J connectivity index is 0.00000191. The van der Waals surface area contributed by atoms with Crippen molar-refractivity contribution in [1.82, 2.24) is 14.9 Å². The summed E-state index contributed by atoms with van der Waals surface area (Å²) in [6.07, 6.45) is 3.90. The van der Waals surface area contributed by atoms with Crippen molar-refractivity contribution in [2.75, 3.05) is 12.3 Å². The van der Waals surface area contributed by atoms with Crippen molar-refractivity contribution < 1.29 is 4.79 Å². The lowest BCUT2D eigenvalue weighted by atomic mass is 10.2. The quantitative estimate of drug-likeness (QED) is 0.812. The molecule has 1 amide bonds. The molecule has 1 aromatic heterocycles. The number of aromatic nitrogens is 2. The number of hydrogen-bond acceptors (Lipinski definition) is 4. The number of amides is 1. The highest BCUT2D eigenvalue weighted by Crippen LogP contribution is 2.01. The zero-order valence-corrected chi connectivity index (χ0v) is 13.2. The van der Waals surface area contributed by atoms with Crippen LogP contribution in [0.4, 0.5) is 5.82 Å². The molecule has 21 heavy (non-hydrogen) atoms. The highest BCUT2D eigenvalue weighted by molar-refractivity contribution is 5.76. The summed E-state index contributed by atoms with van der Waals surface area (Å²) >= 11 is 0. The standard InChI is InChI=1S/C13H18N4O2.C2H6/c1-3-4-7-11(18)15-8-5-6-10-9-17(2)13(19)16-12(10)14;1-2/h9H,3-4,7-8H2,1-2H3,(H,15,18)(H2,14,16,19);1-2H3. The number of anilines is 1. The van der Waals surface area contributed by atoms with E-state index in [1.807, 2.05) is 20.8 Å². The Morgan fingerprint density at radius 2 is 2.14 bits per heavy atom. The number of nitrogens with one attached hydrogen (secondary N) is 1. The second-order valence-corrected chi connectivity index (χ2v) is 4.12. The third-order valence-electron chi connectivity index (χ3n) is 2.47. The van der Waals surface area contributed by atoms with Crippen LogP contribution in [0.2, 0.25) is 0 Å². The maximum absolute atomic E-state index is 11.3. The average molecular weight is 292 g/mol. The molecule has 0 atom stereocenters. The van der Waals surface area contributed by atoms with Gasteiger partial charge in [-0.1, -0.05) is 39.0 Å². The molecule has 0 unspecified atom stereocenters. The molecule has 0 radical (unpaired) electrons. The Labute approximate surface area is 125 Å². The number of carbonyl (C=O) groups excluding carboxylic acids is 1. The van der Waals surface area contributed by atoms with Gasteiger partial charge in [0.2, 0.25) is 5.91 Å². The predicted octanol–water partition coefficient (Wildman–Crippen LogP) is 1.05. The molecule has 6 nitrogen and oxygen atoms in total. The van der Waals surface area contributed by atoms with Gasteiger partial charge in [0.25, 0.3) is 0 Å². The molecular formula is C15H24N4O2. The van der Waals surface area contributed by atoms with Crippen molar-refractivity contribution in [1.29, 1.82) is 0 Å². The van der Waals surface area contributed by atoms with E-state index in [1.165, 1.54) is 10.8 Å². The highest BCUT2D eigenvalue weighted by atomic mass is 16.1. The molecule has 0 saturated carbocycles. The van der Waals surface area contributed by atoms with Gasteiger partial charge < -0.3 is 15.6 Å². The molecule has 0 spiro atoms. The number of carbonyl (C=O) groups is 1. The molecule has 0 saturated heterocycles. The summed E-state index contributed by atoms with van der Waals surface area (Å²) in [5.74, 6) is 5.65. The first-order valence-electron chi connectivity index (χ1n) is 7.13. The SMILES string of the molecule is CC.CCCCC(=O)NCC#Cc1cn(C)c(=O)nc1N. The Hall–Kier alpha value is -2.29. The fourth-order valence-corrected chi connectivity index (χ4v) is 1.36. The molecule has 0 fully saturated rings. The van der Waals surface area contributed by atoms with Crippen LogP contribution in [0.1, 0.15) is 45.6 Å². The Morgan fingerprint density at radius 1 is 1.48 bits per heavy atom. The van der Waals surface area contributed by atoms with Crippen LogP contribution >= 0.6 is 0 Å². The van der Waals surface area contributed by atoms with Gasteiger partial charge in [-0.3, -0.25) is 4.79 Å². The average Bonchev–Trinajstić information content (AvgIpc) is 2.48. The Kier molecular flexibility index (Phi) is 9.35. The van der Waals surface area contributed by atoms with Gasteiger partial charge in [0.15, 0.2) is 0 Å². The summed E-state index contributed by atoms with van der Waals surface area (Å²) in [7, 11) is 1.58. The lowest BCUT2D eigenvalue weighted by Crippen LogP contribution is -2.23. The van der Waals surface area contributed by atoms with E-state index < -0.39 is 5.69 Å². The zero-order valence-electron chi connectivity index (χ0n) is 13.2. The third kappa shape index (κ3) is 7.16. The molecule has 0 bridgehead atoms. The van der Waals surface area contributed by atoms with Gasteiger partial charge in [0.1, 0.15) is 5.82 Å². The van der Waals surface area contributed by atoms with E-state index in [0.29, 0.717) is 12.0 Å². The molecule has 116 valence electrons. The lowest BCUT2D eigenvalue weighted by molar-refractivity contribution is -0.120. The number of unbranched alkanes of at least 4 members (excludes halogenated alkanes) is 1. The molecule has 0 aliphatic heterocycles. The van der Waals surface area contributed by atoms with Gasteiger partial charge in [0.05, 0.1) is 12.1 Å². The molecule has 0 aliphatic rings. The third-order valence-corrected chi connectivity index (χ3v) is 2.47. The van der Waals surface area contributed by atoms with Gasteiger partial charge in [-0.2, -0.15) is 4.98 Å². The normalized spacial score (nSPS) is 8.95. The fourth-order valence-electron chi connectivity index (χ4n) is 1.36. The summed E-state index contributed by atoms with van der Waals surface area (Å²) < 4.78 is 1.31. The molecule has 1 aromatic rings. The molecule has 6 heteroatoms. The van der Waals surface area contributed by atoms with Crippen molar-refractivity contribution in [2.45, 2.75) is 40.0 Å². The first kappa shape index (κ1) is 18.7. The fraction of sp³-hybridized carbons (Fsp3) is 0.533. The van der Waals surface area contributed by atoms with E-state index in [0.717, 1.165) is 12.8 Å². The van der Waals surface area contributed by atoms with E-state index in [9.17, 15) is 9.59 Å². The van der Waals surface area contributed by atoms with Crippen LogP contribution in [0.5, 0.6) is 0 Å². The van der Waals surface area contributed by atoms with Gasteiger partial charge in [-0.05, 0) is 6.42 Å². The second kappa shape index (κ2) is 10.5. The summed E-state index contributed by atoms with van der Waals surface area (Å²) in [6, 6.07) is 0. The summed E-state index contributed by atoms with van der Waals surface area (Å²) in [5.41, 5.74) is 5.64. The van der Waals surface area contributed by atoms with Crippen LogP contribution < -0.4 is 16.7 Å². The minimum Gasteiger partial charge on any atom is -0.382 e. The van der Waals surface area contributed by atoms with Crippen molar-refractivity contribution in [3.63, 3.8) is 0 Å². The molecule has 1 heterocycles. The van der Waals surface area contributed by atoms with E-state index in [-0.39, 0.29) is 18.3 Å². The van der Waals surface area contributed by atoms with Crippen LogP contribution in [0.25, 0.3) is 0 Å². The minimum absolute atomic E-state index is 0.0114. The van der Waals surface area contributed by atoms with E-state index >= 15 is 0 Å². The van der Waals surface area contributed by atoms with E-state index in [2.05, 4.69) is 22.1 Å². The van der Waals surface area contributed by atoms with Gasteiger partial charge in [-0.15, -0.1) is 0 Å². The maximum Gasteiger partial charge on any atom is 0.349 e. The van der Waals surface area contributed by atoms with Gasteiger partial charge >= 0.3 is 5.69 Å². The smallest absolute Gasteiger partial charge is 0.349 e. The van der Waals surface area contributed by atoms with E-state index in [1.54, 1.807) is 7.05 Å². The highest BCUT2D eigenvalue weighted by Gasteiger charge is 2.00. The number of nitrogens with two attached hydrogens (primary N) is 1. The van der Waals surface area contributed by atoms with Crippen LogP contribution in [0.15, 0.2) is 11.0 Å². The monoisotopic (exact) mass is 292 g/mol. The van der Waals surface area contributed by atoms with Gasteiger partial charge in [-0.25, -0.2) is 4.79 Å². The van der Waals surface area contributed by atoms with Crippen LogP contribution in [-0.2, 0) is 11.8 Å². The number of hydrogen-bond donors (Lipinski definition) is 2. The maximum atomic E-state index is 11.3. The first-order chi connectivity index (χ1) is 10.0. The Bertz CT molecular complexity index is 567. The Morgan fingerprint density at radius 3 is 2.76 bits per heavy atom. The number of nitrogens with zero attached hydrogens (tertiary/aromatic N) is 2. The molecule has 1 rings (SSSR count). The van der Waals surface area contributed by atoms with Gasteiger partial charge in [0, 0.05) is 19.7 Å². The molecular weight excluding hydrogens is 268 g/mol. The second-order valence-electron chi connectivity index (χ2n) is 4.12. The van der Waals surface area contributed by atoms with Crippen molar-refractivity contribution in [2.24, 2.45) is 7.05 Å². The first-order valence-corrected chi connectivity index (χ1v) is 7.13. The number of aryl methyl sites for hydroxylation is 1. The topological polar surface area (TPSA) is 90.0 Å². The molecule has 0 aromatic carbocycles. The van der Waals surface area contributed by atoms with Crippen molar-refractivity contribution in [3.8, 4) is 11.8 Å². The number of nitrogen functional groups attached to an aromatic ring is 1. The zero-order chi connectivity index (χ0) is 16.3. The van der Waals surface area contributed by atoms with Crippen LogP contribution in [0.3, 0.4) is 0 Å². The summed E-state index contributed by atoms with van der Waals surface area (Å²) in [5, 5.41) is 2.69. The number of rotatable bonds is 4. The largest absolute Gasteiger partial charge is 0.382 e. The van der Waals surface area contributed by atoms with Crippen molar-refractivity contribution in [3.05, 3.63) is 22.2 Å². The summed E-state index contributed by atoms with van der Waals surface area (Å²) in [4.78, 5) is 26.1. The van der Waals surface area contributed by atoms with Crippen molar-refractivity contribution >= 4 is 11.7 Å².